The highest BCUT2D eigenvalue weighted by Gasteiger charge is 2.44. The number of nitrogens with two attached hydrogens (primary N) is 1. The minimum absolute atomic E-state index is 0.0255. The van der Waals surface area contributed by atoms with Crippen LogP contribution < -0.4 is 11.1 Å². The number of amides is 3. The predicted molar refractivity (Wildman–Crippen MR) is 136 cm³/mol. The van der Waals surface area contributed by atoms with Gasteiger partial charge in [-0.2, -0.15) is 0 Å². The molecule has 0 bridgehead atoms. The molecule has 11 nitrogen and oxygen atoms in total. The highest BCUT2D eigenvalue weighted by atomic mass is 16.6. The van der Waals surface area contributed by atoms with Gasteiger partial charge in [-0.1, -0.05) is 19.9 Å². The third-order valence-electron chi connectivity index (χ3n) is 6.54. The van der Waals surface area contributed by atoms with Gasteiger partial charge in [-0.15, -0.1) is 0 Å². The van der Waals surface area contributed by atoms with Crippen molar-refractivity contribution in [2.75, 3.05) is 12.3 Å². The molecular weight excluding hydrogens is 494 g/mol. The lowest BCUT2D eigenvalue weighted by molar-refractivity contribution is -0.150. The molecule has 3 rings (SSSR count). The molecule has 3 atom stereocenters. The molecule has 2 unspecified atom stereocenters. The molecule has 11 heteroatoms. The molecule has 1 aliphatic carbocycles. The number of carbonyl (C=O) groups is 6. The summed E-state index contributed by atoms with van der Waals surface area (Å²) in [6.45, 7) is 8.31. The number of nitrogens with one attached hydrogen (secondary N) is 1. The number of anilines is 1. The van der Waals surface area contributed by atoms with Gasteiger partial charge in [-0.05, 0) is 51.7 Å². The minimum atomic E-state index is -1.07. The molecule has 3 N–H and O–H groups in total. The van der Waals surface area contributed by atoms with Crippen LogP contribution in [0.25, 0.3) is 0 Å². The van der Waals surface area contributed by atoms with Gasteiger partial charge in [0, 0.05) is 18.5 Å². The van der Waals surface area contributed by atoms with Crippen LogP contribution >= 0.6 is 0 Å². The second-order valence-electron chi connectivity index (χ2n) is 11.0. The summed E-state index contributed by atoms with van der Waals surface area (Å²) in [6.07, 6.45) is -0.848. The number of Topliss-reactive ketones (excluding diaryl/α,β-unsaturated/α-hetero) is 2. The van der Waals surface area contributed by atoms with E-state index in [1.165, 1.54) is 12.1 Å². The van der Waals surface area contributed by atoms with Crippen LogP contribution in [0.4, 0.5) is 10.5 Å². The maximum Gasteiger partial charge on any atom is 0.408 e. The van der Waals surface area contributed by atoms with E-state index in [1.807, 2.05) is 0 Å². The fourth-order valence-corrected chi connectivity index (χ4v) is 4.55. The summed E-state index contributed by atoms with van der Waals surface area (Å²) in [4.78, 5) is 77.6. The number of imide groups is 1. The van der Waals surface area contributed by atoms with Crippen molar-refractivity contribution in [3.05, 3.63) is 29.3 Å². The average molecular weight is 530 g/mol. The molecule has 0 radical (unpaired) electrons. The van der Waals surface area contributed by atoms with Gasteiger partial charge < -0.3 is 20.5 Å². The first kappa shape index (κ1) is 28.8. The predicted octanol–water partition coefficient (Wildman–Crippen LogP) is 2.65. The van der Waals surface area contributed by atoms with Gasteiger partial charge in [0.15, 0.2) is 5.78 Å². The Kier molecular flexibility index (Phi) is 8.58. The Labute approximate surface area is 221 Å². The van der Waals surface area contributed by atoms with Crippen molar-refractivity contribution in [2.24, 2.45) is 11.8 Å². The number of hydrogen-bond acceptors (Lipinski definition) is 9. The van der Waals surface area contributed by atoms with Crippen LogP contribution in [0.2, 0.25) is 0 Å². The molecule has 1 aromatic carbocycles. The van der Waals surface area contributed by atoms with Crippen LogP contribution in [0.1, 0.15) is 81.0 Å². The number of benzene rings is 1. The monoisotopic (exact) mass is 529 g/mol. The minimum Gasteiger partial charge on any atom is -0.463 e. The van der Waals surface area contributed by atoms with Crippen molar-refractivity contribution < 1.29 is 38.2 Å². The molecule has 206 valence electrons. The van der Waals surface area contributed by atoms with Gasteiger partial charge in [-0.3, -0.25) is 24.1 Å². The summed E-state index contributed by atoms with van der Waals surface area (Å²) in [6, 6.07) is 2.50. The number of carbonyl (C=O) groups excluding carboxylic acids is 6. The van der Waals surface area contributed by atoms with Crippen LogP contribution in [0.3, 0.4) is 0 Å². The number of nitrogen functional groups attached to an aromatic ring is 1. The number of ether oxygens (including phenoxy) is 2. The normalized spacial score (nSPS) is 21.1. The Morgan fingerprint density at radius 1 is 1.05 bits per heavy atom. The van der Waals surface area contributed by atoms with Gasteiger partial charge >= 0.3 is 12.1 Å². The first-order valence-electron chi connectivity index (χ1n) is 12.7. The lowest BCUT2D eigenvalue weighted by atomic mass is 9.87. The summed E-state index contributed by atoms with van der Waals surface area (Å²) in [5.41, 5.74) is 5.51. The largest absolute Gasteiger partial charge is 0.463 e. The lowest BCUT2D eigenvalue weighted by Crippen LogP contribution is -2.48. The molecule has 0 saturated heterocycles. The zero-order valence-electron chi connectivity index (χ0n) is 22.4. The summed E-state index contributed by atoms with van der Waals surface area (Å²) in [5, 5.41) is 2.50. The molecule has 1 fully saturated rings. The Bertz CT molecular complexity index is 1150. The Morgan fingerprint density at radius 3 is 2.32 bits per heavy atom. The van der Waals surface area contributed by atoms with Gasteiger partial charge in [0.2, 0.25) is 0 Å². The number of esters is 1. The molecule has 0 spiro atoms. The van der Waals surface area contributed by atoms with Gasteiger partial charge in [0.25, 0.3) is 11.8 Å². The van der Waals surface area contributed by atoms with Crippen LogP contribution in [-0.4, -0.2) is 64.6 Å². The first-order valence-corrected chi connectivity index (χ1v) is 12.7. The first-order chi connectivity index (χ1) is 17.7. The van der Waals surface area contributed by atoms with Crippen molar-refractivity contribution in [2.45, 2.75) is 78.0 Å². The fraction of sp³-hybridized carbons (Fsp3) is 0.556. The molecule has 0 aromatic heterocycles. The average Bonchev–Trinajstić information content (AvgIpc) is 3.06. The van der Waals surface area contributed by atoms with Crippen molar-refractivity contribution >= 4 is 41.1 Å². The van der Waals surface area contributed by atoms with Crippen molar-refractivity contribution in [1.82, 2.24) is 10.2 Å². The van der Waals surface area contributed by atoms with Crippen LogP contribution in [0.15, 0.2) is 18.2 Å². The van der Waals surface area contributed by atoms with E-state index in [1.54, 1.807) is 40.7 Å². The molecule has 3 amide bonds. The van der Waals surface area contributed by atoms with Crippen LogP contribution in [0.5, 0.6) is 0 Å². The van der Waals surface area contributed by atoms with E-state index >= 15 is 0 Å². The number of fused-ring (bicyclic) bond motifs is 1. The molecular formula is C27H35N3O8. The molecule has 1 heterocycles. The van der Waals surface area contributed by atoms with Gasteiger partial charge in [0.05, 0.1) is 23.1 Å². The summed E-state index contributed by atoms with van der Waals surface area (Å²) in [5.74, 6) is -3.59. The lowest BCUT2D eigenvalue weighted by Gasteiger charge is -2.29. The van der Waals surface area contributed by atoms with E-state index in [2.05, 4.69) is 5.32 Å². The number of hydrogen-bond donors (Lipinski definition) is 2. The third-order valence-corrected chi connectivity index (χ3v) is 6.54. The Morgan fingerprint density at radius 2 is 1.71 bits per heavy atom. The Hall–Kier alpha value is -3.76. The second kappa shape index (κ2) is 11.3. The second-order valence-corrected chi connectivity index (χ2v) is 11.0. The summed E-state index contributed by atoms with van der Waals surface area (Å²) >= 11 is 0. The maximum atomic E-state index is 13.0. The van der Waals surface area contributed by atoms with E-state index in [-0.39, 0.29) is 66.6 Å². The smallest absolute Gasteiger partial charge is 0.408 e. The highest BCUT2D eigenvalue weighted by molar-refractivity contribution is 6.25. The molecule has 38 heavy (non-hydrogen) atoms. The quantitative estimate of drug-likeness (QED) is 0.320. The fourth-order valence-electron chi connectivity index (χ4n) is 4.55. The molecule has 1 aliphatic heterocycles. The zero-order valence-corrected chi connectivity index (χ0v) is 22.4. The molecule has 2 aliphatic rings. The molecule has 1 aromatic rings. The van der Waals surface area contributed by atoms with Crippen molar-refractivity contribution in [3.8, 4) is 0 Å². The molecule has 1 saturated carbocycles. The van der Waals surface area contributed by atoms with E-state index in [0.717, 1.165) is 4.90 Å². The van der Waals surface area contributed by atoms with Crippen LogP contribution in [-0.2, 0) is 23.9 Å². The van der Waals surface area contributed by atoms with E-state index in [0.29, 0.717) is 0 Å². The topological polar surface area (TPSA) is 162 Å². The van der Waals surface area contributed by atoms with Crippen LogP contribution in [0, 0.1) is 11.8 Å². The van der Waals surface area contributed by atoms with Crippen molar-refractivity contribution in [1.29, 1.82) is 0 Å². The highest BCUT2D eigenvalue weighted by Crippen LogP contribution is 2.32. The number of ketones is 2. The SMILES string of the molecule is CC(C)[C@H](NC(=O)OC(C)(C)C)C(=O)OCC1CCC(=O)C(N2C(=O)c3cccc(N)c3C2=O)CCC1=O. The zero-order chi connectivity index (χ0) is 28.4. The summed E-state index contributed by atoms with van der Waals surface area (Å²) in [7, 11) is 0. The standard InChI is InChI=1S/C27H35N3O8/c1-14(2)22(29-26(36)38-27(3,4)5)25(35)37-13-15-9-11-20(32)18(10-12-19(15)31)30-23(33)16-7-6-8-17(28)21(16)24(30)34/h6-8,14-15,18,22H,9-13,28H2,1-5H3,(H,29,36)/t15?,18?,22-/m0/s1. The maximum absolute atomic E-state index is 13.0. The van der Waals surface area contributed by atoms with E-state index in [4.69, 9.17) is 15.2 Å². The number of nitrogens with zero attached hydrogens (tertiary/aromatic N) is 1. The van der Waals surface area contributed by atoms with Gasteiger partial charge in [-0.25, -0.2) is 9.59 Å². The number of rotatable bonds is 6. The van der Waals surface area contributed by atoms with E-state index in [9.17, 15) is 28.8 Å². The third kappa shape index (κ3) is 6.38. The Balaban J connectivity index is 1.62. The van der Waals surface area contributed by atoms with E-state index < -0.39 is 47.5 Å². The summed E-state index contributed by atoms with van der Waals surface area (Å²) < 4.78 is 10.6. The number of alkyl carbamates (subject to hydrolysis) is 1. The van der Waals surface area contributed by atoms with Gasteiger partial charge in [0.1, 0.15) is 24.0 Å². The van der Waals surface area contributed by atoms with Crippen molar-refractivity contribution in [3.63, 3.8) is 0 Å².